The first-order valence-corrected chi connectivity index (χ1v) is 13.6. The average molecular weight is 610 g/mol. The van der Waals surface area contributed by atoms with Crippen molar-refractivity contribution >= 4 is 23.5 Å². The number of benzene rings is 3. The van der Waals surface area contributed by atoms with Gasteiger partial charge in [0.2, 0.25) is 11.6 Å². The molecular formula is C32H35NO11. The summed E-state index contributed by atoms with van der Waals surface area (Å²) in [5.74, 6) is -7.68. The zero-order chi connectivity index (χ0) is 32.5. The second-order valence-corrected chi connectivity index (χ2v) is 10.2. The number of ketones is 2. The van der Waals surface area contributed by atoms with Crippen LogP contribution in [0.25, 0.3) is 0 Å². The Morgan fingerprint density at radius 3 is 1.50 bits per heavy atom. The number of carbonyl (C=O) groups is 4. The fourth-order valence-electron chi connectivity index (χ4n) is 5.09. The van der Waals surface area contributed by atoms with Crippen molar-refractivity contribution in [2.75, 3.05) is 33.9 Å². The number of carboxylic acids is 2. The minimum atomic E-state index is -4.04. The second-order valence-electron chi connectivity index (χ2n) is 10.2. The molecule has 12 heteroatoms. The highest BCUT2D eigenvalue weighted by molar-refractivity contribution is 6.28. The quantitative estimate of drug-likeness (QED) is 0.128. The van der Waals surface area contributed by atoms with Crippen LogP contribution in [0.4, 0.5) is 0 Å². The molecule has 0 spiro atoms. The Balaban J connectivity index is 0.000000312. The van der Waals surface area contributed by atoms with E-state index in [-0.39, 0.29) is 23.5 Å². The van der Waals surface area contributed by atoms with Crippen LogP contribution in [0.3, 0.4) is 0 Å². The molecule has 1 aliphatic rings. The summed E-state index contributed by atoms with van der Waals surface area (Å²) in [5.41, 5.74) is -7.48. The van der Waals surface area contributed by atoms with E-state index in [0.29, 0.717) is 0 Å². The Morgan fingerprint density at radius 2 is 1.18 bits per heavy atom. The van der Waals surface area contributed by atoms with E-state index in [1.807, 2.05) is 6.07 Å². The Hall–Kier alpha value is -4.62. The first-order chi connectivity index (χ1) is 20.9. The lowest BCUT2D eigenvalue weighted by Gasteiger charge is -2.34. The van der Waals surface area contributed by atoms with Gasteiger partial charge in [0, 0.05) is 29.7 Å². The van der Waals surface area contributed by atoms with E-state index in [9.17, 15) is 39.6 Å². The lowest BCUT2D eigenvalue weighted by atomic mass is 9.73. The fourth-order valence-corrected chi connectivity index (χ4v) is 5.09. The lowest BCUT2D eigenvalue weighted by Crippen LogP contribution is -2.71. The summed E-state index contributed by atoms with van der Waals surface area (Å²) in [6, 6.07) is 19.7. The van der Waals surface area contributed by atoms with Crippen LogP contribution in [0.15, 0.2) is 78.9 Å². The van der Waals surface area contributed by atoms with Gasteiger partial charge in [-0.2, -0.15) is 0 Å². The fraction of sp³-hybridized carbons (Fsp3) is 0.312. The van der Waals surface area contributed by atoms with E-state index in [1.165, 1.54) is 44.0 Å². The van der Waals surface area contributed by atoms with Gasteiger partial charge in [-0.05, 0) is 73.5 Å². The summed E-state index contributed by atoms with van der Waals surface area (Å²) in [6.07, 6.45) is 2.00. The molecule has 0 bridgehead atoms. The number of aliphatic hydroxyl groups is 3. The van der Waals surface area contributed by atoms with Crippen molar-refractivity contribution in [3.8, 4) is 11.5 Å². The Morgan fingerprint density at radius 1 is 0.750 bits per heavy atom. The van der Waals surface area contributed by atoms with Crippen molar-refractivity contribution in [3.63, 3.8) is 0 Å². The number of carbonyl (C=O) groups excluding carboxylic acids is 2. The molecule has 4 rings (SSSR count). The molecule has 3 aromatic rings. The van der Waals surface area contributed by atoms with Crippen LogP contribution >= 0.6 is 0 Å². The number of methoxy groups -OCH3 is 2. The van der Waals surface area contributed by atoms with Gasteiger partial charge in [-0.3, -0.25) is 9.59 Å². The first-order valence-electron chi connectivity index (χ1n) is 13.6. The average Bonchev–Trinajstić information content (AvgIpc) is 3.53. The van der Waals surface area contributed by atoms with Gasteiger partial charge in [0.1, 0.15) is 11.5 Å². The van der Waals surface area contributed by atoms with Gasteiger partial charge in [-0.25, -0.2) is 9.59 Å². The maximum absolute atomic E-state index is 12.8. The molecule has 1 aliphatic heterocycles. The molecule has 1 heterocycles. The summed E-state index contributed by atoms with van der Waals surface area (Å²) in [7, 11) is 2.67. The van der Waals surface area contributed by atoms with Gasteiger partial charge in [0.25, 0.3) is 11.2 Å². The molecule has 0 radical (unpaired) electrons. The second kappa shape index (κ2) is 14.2. The minimum absolute atomic E-state index is 0.177. The minimum Gasteiger partial charge on any atom is -0.497 e. The van der Waals surface area contributed by atoms with Crippen LogP contribution in [-0.2, 0) is 15.0 Å². The number of aliphatic carboxylic acids is 2. The number of nitrogens with one attached hydrogen (secondary N) is 1. The van der Waals surface area contributed by atoms with Crippen molar-refractivity contribution in [2.45, 2.75) is 29.5 Å². The monoisotopic (exact) mass is 609 g/mol. The maximum atomic E-state index is 12.8. The Labute approximate surface area is 253 Å². The third kappa shape index (κ3) is 6.48. The molecule has 3 atom stereocenters. The molecule has 1 fully saturated rings. The molecule has 44 heavy (non-hydrogen) atoms. The molecule has 6 N–H and O–H groups in total. The third-order valence-electron chi connectivity index (χ3n) is 7.72. The van der Waals surface area contributed by atoms with Gasteiger partial charge in [0.05, 0.1) is 14.2 Å². The third-order valence-corrected chi connectivity index (χ3v) is 7.72. The van der Waals surface area contributed by atoms with Crippen molar-refractivity contribution < 1.29 is 54.2 Å². The van der Waals surface area contributed by atoms with E-state index >= 15 is 0 Å². The number of aliphatic hydroxyl groups excluding tert-OH is 1. The van der Waals surface area contributed by atoms with Crippen LogP contribution in [0, 0.1) is 0 Å². The highest BCUT2D eigenvalue weighted by atomic mass is 16.5. The van der Waals surface area contributed by atoms with Crippen molar-refractivity contribution in [3.05, 3.63) is 95.6 Å². The van der Waals surface area contributed by atoms with Crippen LogP contribution in [-0.4, -0.2) is 94.2 Å². The van der Waals surface area contributed by atoms with Gasteiger partial charge in [0.15, 0.2) is 0 Å². The highest BCUT2D eigenvalue weighted by Gasteiger charge is 2.69. The van der Waals surface area contributed by atoms with Gasteiger partial charge in [-0.1, -0.05) is 30.3 Å². The Kier molecular flexibility index (Phi) is 11.0. The predicted molar refractivity (Wildman–Crippen MR) is 157 cm³/mol. The van der Waals surface area contributed by atoms with Crippen molar-refractivity contribution in [1.82, 2.24) is 5.32 Å². The Bertz CT molecular complexity index is 1370. The molecule has 0 saturated carbocycles. The van der Waals surface area contributed by atoms with E-state index in [1.54, 1.807) is 0 Å². The summed E-state index contributed by atoms with van der Waals surface area (Å²) in [4.78, 5) is 49.4. The number of carboxylic acid groups (broad SMARTS) is 2. The molecule has 234 valence electrons. The summed E-state index contributed by atoms with van der Waals surface area (Å²) in [5, 5.41) is 53.0. The lowest BCUT2D eigenvalue weighted by molar-refractivity contribution is -0.187. The zero-order valence-corrected chi connectivity index (χ0v) is 24.2. The van der Waals surface area contributed by atoms with E-state index in [4.69, 9.17) is 14.6 Å². The topological polar surface area (TPSA) is 200 Å². The molecule has 3 unspecified atom stereocenters. The molecule has 1 saturated heterocycles. The van der Waals surface area contributed by atoms with Crippen molar-refractivity contribution in [2.24, 2.45) is 0 Å². The number of hydrogen-bond donors (Lipinski definition) is 6. The van der Waals surface area contributed by atoms with Crippen LogP contribution in [0.5, 0.6) is 11.5 Å². The molecule has 3 aromatic carbocycles. The number of Topliss-reactive ketones (excluding diaryl/α,β-unsaturated/α-hetero) is 2. The number of ether oxygens (including phenoxy) is 2. The molecule has 0 amide bonds. The summed E-state index contributed by atoms with van der Waals surface area (Å²) in [6.45, 7) is 2.34. The largest absolute Gasteiger partial charge is 0.497 e. The van der Waals surface area contributed by atoms with Crippen molar-refractivity contribution in [1.29, 1.82) is 0 Å². The van der Waals surface area contributed by atoms with Crippen LogP contribution in [0.1, 0.15) is 39.1 Å². The zero-order valence-electron chi connectivity index (χ0n) is 24.2. The molecule has 0 aliphatic carbocycles. The van der Waals surface area contributed by atoms with Gasteiger partial charge < -0.3 is 40.3 Å². The predicted octanol–water partition coefficient (Wildman–Crippen LogP) is 1.70. The number of hydrogen-bond acceptors (Lipinski definition) is 10. The summed E-state index contributed by atoms with van der Waals surface area (Å²) >= 11 is 0. The first kappa shape index (κ1) is 33.9. The number of rotatable bonds is 12. The highest BCUT2D eigenvalue weighted by Crippen LogP contribution is 2.34. The standard InChI is InChI=1S/C20H18O10.C12H17NO/c1-29-13-7-3-11(4-8-13)15(21)19(27,17(23)24)20(28,18(25)26)16(22)12-5-9-14(30-2)10-6-12;14-9-7-12(6-8-13-10-12)11-4-2-1-3-5-11/h3-10,27-28H,1-2H3,(H,23,24)(H,25,26);1-5,13-14H,6-10H2. The van der Waals surface area contributed by atoms with E-state index in [2.05, 4.69) is 29.6 Å². The van der Waals surface area contributed by atoms with E-state index in [0.717, 1.165) is 50.2 Å². The van der Waals surface area contributed by atoms with Gasteiger partial charge in [-0.15, -0.1) is 0 Å². The molecule has 0 aromatic heterocycles. The summed E-state index contributed by atoms with van der Waals surface area (Å²) < 4.78 is 9.81. The molecule has 12 nitrogen and oxygen atoms in total. The molecular weight excluding hydrogens is 574 g/mol. The maximum Gasteiger partial charge on any atom is 0.348 e. The SMILES string of the molecule is COc1ccc(C(=O)C(O)(C(=O)O)C(O)(C(=O)O)C(=O)c2ccc(OC)cc2)cc1.OCCC1(c2ccccc2)CCNC1. The van der Waals surface area contributed by atoms with Crippen LogP contribution in [0.2, 0.25) is 0 Å². The van der Waals surface area contributed by atoms with Gasteiger partial charge >= 0.3 is 11.9 Å². The van der Waals surface area contributed by atoms with Crippen LogP contribution < -0.4 is 14.8 Å². The van der Waals surface area contributed by atoms with E-state index < -0.39 is 45.8 Å². The normalized spacial score (nSPS) is 18.5. The smallest absolute Gasteiger partial charge is 0.348 e.